The van der Waals surface area contributed by atoms with Crippen LogP contribution in [-0.2, 0) is 4.74 Å². The first-order valence-corrected chi connectivity index (χ1v) is 5.75. The van der Waals surface area contributed by atoms with Crippen molar-refractivity contribution in [3.05, 3.63) is 0 Å². The van der Waals surface area contributed by atoms with Gasteiger partial charge in [-0.3, -0.25) is 0 Å². The van der Waals surface area contributed by atoms with Crippen molar-refractivity contribution in [2.24, 2.45) is 0 Å². The molecule has 2 aliphatic rings. The van der Waals surface area contributed by atoms with E-state index in [1.165, 1.54) is 4.90 Å². The first kappa shape index (κ1) is 11.6. The molecule has 5 heteroatoms. The van der Waals surface area contributed by atoms with Crippen molar-refractivity contribution in [3.63, 3.8) is 0 Å². The Hall–Kier alpha value is -0.840. The van der Waals surface area contributed by atoms with Gasteiger partial charge in [0, 0.05) is 0 Å². The van der Waals surface area contributed by atoms with Crippen LogP contribution in [-0.4, -0.2) is 47.9 Å². The fourth-order valence-electron chi connectivity index (χ4n) is 2.40. The maximum absolute atomic E-state index is 13.6. The standard InChI is InChI=1S/C11H19FN2O2/c1-11(2,3)16-10(15)14-6-7(12)9-8(14)4-5-13-9/h7-9,13H,4-6H2,1-3H3/t7-,8-,9-/m0/s1. The summed E-state index contributed by atoms with van der Waals surface area (Å²) in [5.41, 5.74) is -0.521. The Balaban J connectivity index is 2.02. The largest absolute Gasteiger partial charge is 0.444 e. The van der Waals surface area contributed by atoms with Crippen LogP contribution in [0.3, 0.4) is 0 Å². The molecule has 0 radical (unpaired) electrons. The minimum atomic E-state index is -0.972. The van der Waals surface area contributed by atoms with E-state index in [9.17, 15) is 9.18 Å². The third kappa shape index (κ3) is 2.14. The van der Waals surface area contributed by atoms with E-state index in [-0.39, 0.29) is 18.6 Å². The summed E-state index contributed by atoms with van der Waals surface area (Å²) in [5.74, 6) is 0. The van der Waals surface area contributed by atoms with Crippen molar-refractivity contribution in [3.8, 4) is 0 Å². The number of fused-ring (bicyclic) bond motifs is 1. The molecule has 0 aromatic heterocycles. The Bertz CT molecular complexity index is 290. The summed E-state index contributed by atoms with van der Waals surface area (Å²) in [6.07, 6.45) is -0.559. The lowest BCUT2D eigenvalue weighted by Crippen LogP contribution is -2.41. The van der Waals surface area contributed by atoms with Gasteiger partial charge >= 0.3 is 6.09 Å². The smallest absolute Gasteiger partial charge is 0.410 e. The molecular weight excluding hydrogens is 211 g/mol. The first-order valence-electron chi connectivity index (χ1n) is 5.75. The molecule has 16 heavy (non-hydrogen) atoms. The van der Waals surface area contributed by atoms with E-state index < -0.39 is 17.9 Å². The zero-order valence-electron chi connectivity index (χ0n) is 10.00. The molecule has 4 nitrogen and oxygen atoms in total. The molecule has 0 aliphatic carbocycles. The second kappa shape index (κ2) is 3.87. The van der Waals surface area contributed by atoms with E-state index >= 15 is 0 Å². The van der Waals surface area contributed by atoms with Crippen LogP contribution in [0.1, 0.15) is 27.2 Å². The van der Waals surface area contributed by atoms with Crippen LogP contribution in [0.5, 0.6) is 0 Å². The number of ether oxygens (including phenoxy) is 1. The summed E-state index contributed by atoms with van der Waals surface area (Å²) in [7, 11) is 0. The number of rotatable bonds is 0. The molecule has 0 saturated carbocycles. The summed E-state index contributed by atoms with van der Waals surface area (Å²) >= 11 is 0. The summed E-state index contributed by atoms with van der Waals surface area (Å²) in [6, 6.07) is -0.239. The van der Waals surface area contributed by atoms with E-state index in [1.54, 1.807) is 0 Å². The fourth-order valence-corrected chi connectivity index (χ4v) is 2.40. The molecule has 0 aromatic carbocycles. The highest BCUT2D eigenvalue weighted by molar-refractivity contribution is 5.69. The molecule has 0 aromatic rings. The zero-order chi connectivity index (χ0) is 11.9. The van der Waals surface area contributed by atoms with Crippen molar-refractivity contribution in [1.82, 2.24) is 10.2 Å². The van der Waals surface area contributed by atoms with E-state index in [4.69, 9.17) is 4.74 Å². The van der Waals surface area contributed by atoms with Crippen LogP contribution in [0.15, 0.2) is 0 Å². The highest BCUT2D eigenvalue weighted by atomic mass is 19.1. The number of carbonyl (C=O) groups excluding carboxylic acids is 1. The lowest BCUT2D eigenvalue weighted by atomic mass is 10.1. The third-order valence-corrected chi connectivity index (χ3v) is 3.02. The van der Waals surface area contributed by atoms with Crippen LogP contribution < -0.4 is 5.32 Å². The van der Waals surface area contributed by atoms with Crippen molar-refractivity contribution in [2.45, 2.75) is 51.0 Å². The highest BCUT2D eigenvalue weighted by Crippen LogP contribution is 2.28. The maximum Gasteiger partial charge on any atom is 0.410 e. The van der Waals surface area contributed by atoms with Crippen molar-refractivity contribution >= 4 is 6.09 Å². The monoisotopic (exact) mass is 230 g/mol. The molecule has 3 atom stereocenters. The van der Waals surface area contributed by atoms with Gasteiger partial charge in [-0.1, -0.05) is 0 Å². The van der Waals surface area contributed by atoms with E-state index in [1.807, 2.05) is 20.8 Å². The van der Waals surface area contributed by atoms with Crippen LogP contribution in [0, 0.1) is 0 Å². The third-order valence-electron chi connectivity index (χ3n) is 3.02. The number of hydrogen-bond acceptors (Lipinski definition) is 3. The van der Waals surface area contributed by atoms with Crippen LogP contribution in [0.2, 0.25) is 0 Å². The molecule has 2 aliphatic heterocycles. The Labute approximate surface area is 95.1 Å². The number of nitrogens with one attached hydrogen (secondary N) is 1. The fraction of sp³-hybridized carbons (Fsp3) is 0.909. The molecular formula is C11H19FN2O2. The average Bonchev–Trinajstić information content (AvgIpc) is 2.66. The number of halogens is 1. The van der Waals surface area contributed by atoms with Crippen molar-refractivity contribution in [2.75, 3.05) is 13.1 Å². The molecule has 2 rings (SSSR count). The molecule has 0 unspecified atom stereocenters. The zero-order valence-corrected chi connectivity index (χ0v) is 10.00. The molecule has 2 saturated heterocycles. The molecule has 0 spiro atoms. The lowest BCUT2D eigenvalue weighted by Gasteiger charge is -2.27. The molecule has 1 amide bonds. The van der Waals surface area contributed by atoms with E-state index in [0.717, 1.165) is 13.0 Å². The number of amides is 1. The Morgan fingerprint density at radius 1 is 1.50 bits per heavy atom. The van der Waals surface area contributed by atoms with Gasteiger partial charge in [-0.2, -0.15) is 0 Å². The van der Waals surface area contributed by atoms with Crippen LogP contribution >= 0.6 is 0 Å². The normalized spacial score (nSPS) is 34.0. The predicted molar refractivity (Wildman–Crippen MR) is 58.0 cm³/mol. The highest BCUT2D eigenvalue weighted by Gasteiger charge is 2.47. The van der Waals surface area contributed by atoms with Gasteiger partial charge in [0.25, 0.3) is 0 Å². The second-order valence-corrected chi connectivity index (χ2v) is 5.48. The van der Waals surface area contributed by atoms with Gasteiger partial charge in [-0.05, 0) is 33.7 Å². The van der Waals surface area contributed by atoms with Gasteiger partial charge in [0.15, 0.2) is 0 Å². The Morgan fingerprint density at radius 2 is 2.19 bits per heavy atom. The summed E-state index contributed by atoms with van der Waals surface area (Å²) in [4.78, 5) is 13.4. The average molecular weight is 230 g/mol. The first-order chi connectivity index (χ1) is 7.38. The van der Waals surface area contributed by atoms with E-state index in [0.29, 0.717) is 0 Å². The van der Waals surface area contributed by atoms with Gasteiger partial charge in [0.05, 0.1) is 18.6 Å². The van der Waals surface area contributed by atoms with Gasteiger partial charge in [0.1, 0.15) is 11.8 Å². The second-order valence-electron chi connectivity index (χ2n) is 5.48. The number of carbonyl (C=O) groups is 1. The van der Waals surface area contributed by atoms with Gasteiger partial charge < -0.3 is 15.0 Å². The lowest BCUT2D eigenvalue weighted by molar-refractivity contribution is 0.0219. The Morgan fingerprint density at radius 3 is 2.81 bits per heavy atom. The van der Waals surface area contributed by atoms with Gasteiger partial charge in [-0.25, -0.2) is 9.18 Å². The van der Waals surface area contributed by atoms with E-state index in [2.05, 4.69) is 5.32 Å². The minimum absolute atomic E-state index is 0.0372. The minimum Gasteiger partial charge on any atom is -0.444 e. The molecule has 1 N–H and O–H groups in total. The quantitative estimate of drug-likeness (QED) is 0.682. The predicted octanol–water partition coefficient (Wildman–Crippen LogP) is 1.31. The van der Waals surface area contributed by atoms with Gasteiger partial charge in [0.2, 0.25) is 0 Å². The Kier molecular flexibility index (Phi) is 2.82. The molecule has 2 fully saturated rings. The van der Waals surface area contributed by atoms with Gasteiger partial charge in [-0.15, -0.1) is 0 Å². The molecule has 2 heterocycles. The van der Waals surface area contributed by atoms with Crippen LogP contribution in [0.25, 0.3) is 0 Å². The summed E-state index contributed by atoms with van der Waals surface area (Å²) in [5, 5.41) is 3.09. The summed E-state index contributed by atoms with van der Waals surface area (Å²) < 4.78 is 18.9. The number of alkyl halides is 1. The summed E-state index contributed by atoms with van der Waals surface area (Å²) in [6.45, 7) is 6.38. The topological polar surface area (TPSA) is 41.6 Å². The van der Waals surface area contributed by atoms with Crippen molar-refractivity contribution in [1.29, 1.82) is 0 Å². The number of likely N-dealkylation sites (tertiary alicyclic amines) is 1. The van der Waals surface area contributed by atoms with Crippen molar-refractivity contribution < 1.29 is 13.9 Å². The molecule has 0 bridgehead atoms. The van der Waals surface area contributed by atoms with Crippen LogP contribution in [0.4, 0.5) is 9.18 Å². The number of hydrogen-bond donors (Lipinski definition) is 1. The maximum atomic E-state index is 13.6. The SMILES string of the molecule is CC(C)(C)OC(=O)N1C[C@H](F)[C@@H]2NCC[C@@H]21. The number of nitrogens with zero attached hydrogens (tertiary/aromatic N) is 1. The molecule has 92 valence electrons.